The molecule has 80 valence electrons. The van der Waals surface area contributed by atoms with Crippen molar-refractivity contribution in [3.8, 4) is 6.07 Å². The smallest absolute Gasteiger partial charge is 0.0695 e. The molecule has 0 saturated carbocycles. The lowest BCUT2D eigenvalue weighted by Crippen LogP contribution is -2.30. The number of nitrogens with zero attached hydrogens (tertiary/aromatic N) is 3. The molecule has 1 aromatic heterocycles. The first-order valence-electron chi connectivity index (χ1n) is 5.22. The van der Waals surface area contributed by atoms with Crippen LogP contribution in [-0.2, 0) is 18.2 Å². The van der Waals surface area contributed by atoms with Gasteiger partial charge >= 0.3 is 0 Å². The third kappa shape index (κ3) is 2.18. The Kier molecular flexibility index (Phi) is 2.74. The molecular formula is C11H15N3O. The zero-order chi connectivity index (χ0) is 10.7. The average molecular weight is 205 g/mol. The summed E-state index contributed by atoms with van der Waals surface area (Å²) in [5, 5.41) is 13.6. The summed E-state index contributed by atoms with van der Waals surface area (Å²) < 4.78 is 7.07. The Balaban J connectivity index is 2.11. The summed E-state index contributed by atoms with van der Waals surface area (Å²) in [6.07, 6.45) is 4.30. The summed E-state index contributed by atoms with van der Waals surface area (Å²) in [5.74, 6) is 0. The van der Waals surface area contributed by atoms with E-state index in [1.807, 2.05) is 19.3 Å². The molecular weight excluding hydrogens is 190 g/mol. The number of aromatic nitrogens is 2. The number of ether oxygens (including phenoxy) is 1. The molecule has 4 nitrogen and oxygen atoms in total. The molecule has 2 heterocycles. The highest BCUT2D eigenvalue weighted by atomic mass is 16.5. The fraction of sp³-hybridized carbons (Fsp3) is 0.636. The summed E-state index contributed by atoms with van der Waals surface area (Å²) in [5.41, 5.74) is 0.744. The van der Waals surface area contributed by atoms with E-state index in [9.17, 15) is 5.26 Å². The van der Waals surface area contributed by atoms with Crippen LogP contribution in [-0.4, -0.2) is 23.0 Å². The first-order valence-corrected chi connectivity index (χ1v) is 5.22. The van der Waals surface area contributed by atoms with Gasteiger partial charge in [0.25, 0.3) is 0 Å². The minimum atomic E-state index is -0.257. The van der Waals surface area contributed by atoms with E-state index in [2.05, 4.69) is 11.2 Å². The van der Waals surface area contributed by atoms with Gasteiger partial charge in [-0.25, -0.2) is 0 Å². The molecule has 1 aliphatic rings. The van der Waals surface area contributed by atoms with E-state index in [4.69, 9.17) is 4.74 Å². The molecule has 0 bridgehead atoms. The monoisotopic (exact) mass is 205 g/mol. The van der Waals surface area contributed by atoms with E-state index < -0.39 is 0 Å². The van der Waals surface area contributed by atoms with Crippen molar-refractivity contribution in [2.24, 2.45) is 12.5 Å². The second-order valence-electron chi connectivity index (χ2n) is 4.16. The van der Waals surface area contributed by atoms with E-state index in [0.717, 1.165) is 25.0 Å². The Bertz CT molecular complexity index is 371. The first kappa shape index (κ1) is 10.2. The van der Waals surface area contributed by atoms with Crippen molar-refractivity contribution in [1.82, 2.24) is 9.78 Å². The standard InChI is InChI=1S/C11H15N3O/c1-14-5-2-10(13-14)8-11(9-12)3-6-15-7-4-11/h2,5H,3-4,6-8H2,1H3. The molecule has 0 radical (unpaired) electrons. The van der Waals surface area contributed by atoms with Gasteiger partial charge in [0.1, 0.15) is 0 Å². The third-order valence-electron chi connectivity index (χ3n) is 2.98. The Morgan fingerprint density at radius 1 is 1.60 bits per heavy atom. The zero-order valence-electron chi connectivity index (χ0n) is 8.94. The number of hydrogen-bond acceptors (Lipinski definition) is 3. The van der Waals surface area contributed by atoms with Gasteiger partial charge in [-0.3, -0.25) is 4.68 Å². The van der Waals surface area contributed by atoms with Crippen LogP contribution in [0.5, 0.6) is 0 Å². The maximum atomic E-state index is 9.27. The van der Waals surface area contributed by atoms with Crippen LogP contribution >= 0.6 is 0 Å². The molecule has 0 aromatic carbocycles. The fourth-order valence-corrected chi connectivity index (χ4v) is 1.99. The van der Waals surface area contributed by atoms with Gasteiger partial charge in [-0.15, -0.1) is 0 Å². The van der Waals surface area contributed by atoms with Crippen LogP contribution in [0.2, 0.25) is 0 Å². The molecule has 1 aromatic rings. The number of hydrogen-bond donors (Lipinski definition) is 0. The van der Waals surface area contributed by atoms with Crippen LogP contribution < -0.4 is 0 Å². The largest absolute Gasteiger partial charge is 0.381 e. The number of rotatable bonds is 2. The Morgan fingerprint density at radius 3 is 2.87 bits per heavy atom. The van der Waals surface area contributed by atoms with E-state index in [1.54, 1.807) is 4.68 Å². The van der Waals surface area contributed by atoms with Crippen molar-refractivity contribution in [3.63, 3.8) is 0 Å². The average Bonchev–Trinajstić information content (AvgIpc) is 2.65. The Labute approximate surface area is 89.5 Å². The van der Waals surface area contributed by atoms with Crippen molar-refractivity contribution in [2.45, 2.75) is 19.3 Å². The fourth-order valence-electron chi connectivity index (χ4n) is 1.99. The van der Waals surface area contributed by atoms with Gasteiger partial charge < -0.3 is 4.74 Å². The third-order valence-corrected chi connectivity index (χ3v) is 2.98. The quantitative estimate of drug-likeness (QED) is 0.730. The summed E-state index contributed by atoms with van der Waals surface area (Å²) >= 11 is 0. The lowest BCUT2D eigenvalue weighted by Gasteiger charge is -2.29. The van der Waals surface area contributed by atoms with Gasteiger partial charge in [-0.1, -0.05) is 0 Å². The minimum absolute atomic E-state index is 0.257. The van der Waals surface area contributed by atoms with Gasteiger partial charge in [-0.05, 0) is 18.9 Å². The van der Waals surface area contributed by atoms with Crippen LogP contribution in [0.15, 0.2) is 12.3 Å². The maximum absolute atomic E-state index is 9.27. The summed E-state index contributed by atoms with van der Waals surface area (Å²) in [6.45, 7) is 1.39. The molecule has 1 aliphatic heterocycles. The predicted molar refractivity (Wildman–Crippen MR) is 55.0 cm³/mol. The first-order chi connectivity index (χ1) is 7.24. The number of aryl methyl sites for hydroxylation is 1. The topological polar surface area (TPSA) is 50.8 Å². The zero-order valence-corrected chi connectivity index (χ0v) is 8.94. The van der Waals surface area contributed by atoms with Gasteiger partial charge in [0.15, 0.2) is 0 Å². The van der Waals surface area contributed by atoms with Crippen molar-refractivity contribution in [2.75, 3.05) is 13.2 Å². The highest BCUT2D eigenvalue weighted by Crippen LogP contribution is 2.32. The van der Waals surface area contributed by atoms with E-state index in [-0.39, 0.29) is 5.41 Å². The predicted octanol–water partition coefficient (Wildman–Crippen LogP) is 1.28. The van der Waals surface area contributed by atoms with Gasteiger partial charge in [0.2, 0.25) is 0 Å². The molecule has 0 atom stereocenters. The van der Waals surface area contributed by atoms with Crippen molar-refractivity contribution < 1.29 is 4.74 Å². The minimum Gasteiger partial charge on any atom is -0.381 e. The molecule has 1 saturated heterocycles. The van der Waals surface area contributed by atoms with Crippen LogP contribution in [0.4, 0.5) is 0 Å². The second kappa shape index (κ2) is 4.03. The van der Waals surface area contributed by atoms with E-state index in [1.165, 1.54) is 0 Å². The van der Waals surface area contributed by atoms with Crippen molar-refractivity contribution in [1.29, 1.82) is 5.26 Å². The molecule has 4 heteroatoms. The summed E-state index contributed by atoms with van der Waals surface area (Å²) in [7, 11) is 1.90. The van der Waals surface area contributed by atoms with E-state index >= 15 is 0 Å². The van der Waals surface area contributed by atoms with Crippen molar-refractivity contribution >= 4 is 0 Å². The molecule has 15 heavy (non-hydrogen) atoms. The molecule has 0 spiro atoms. The molecule has 0 N–H and O–H groups in total. The Morgan fingerprint density at radius 2 is 2.33 bits per heavy atom. The Hall–Kier alpha value is -1.34. The molecule has 2 rings (SSSR count). The van der Waals surface area contributed by atoms with Gasteiger partial charge in [-0.2, -0.15) is 10.4 Å². The highest BCUT2D eigenvalue weighted by molar-refractivity contribution is 5.10. The maximum Gasteiger partial charge on any atom is 0.0695 e. The van der Waals surface area contributed by atoms with Crippen LogP contribution in [0.3, 0.4) is 0 Å². The lowest BCUT2D eigenvalue weighted by atomic mass is 9.78. The number of nitriles is 1. The van der Waals surface area contributed by atoms with Crippen LogP contribution in [0.1, 0.15) is 18.5 Å². The normalized spacial score (nSPS) is 19.7. The van der Waals surface area contributed by atoms with E-state index in [0.29, 0.717) is 13.2 Å². The summed E-state index contributed by atoms with van der Waals surface area (Å²) in [6, 6.07) is 4.43. The molecule has 0 amide bonds. The molecule has 1 fully saturated rings. The highest BCUT2D eigenvalue weighted by Gasteiger charge is 2.33. The molecule has 0 aliphatic carbocycles. The van der Waals surface area contributed by atoms with Crippen LogP contribution in [0, 0.1) is 16.7 Å². The summed E-state index contributed by atoms with van der Waals surface area (Å²) in [4.78, 5) is 0. The molecule has 0 unspecified atom stereocenters. The SMILES string of the molecule is Cn1ccc(CC2(C#N)CCOCC2)n1. The van der Waals surface area contributed by atoms with Gasteiger partial charge in [0.05, 0.1) is 17.2 Å². The second-order valence-corrected chi connectivity index (χ2v) is 4.16. The lowest BCUT2D eigenvalue weighted by molar-refractivity contribution is 0.0402. The van der Waals surface area contributed by atoms with Gasteiger partial charge in [0, 0.05) is 32.9 Å². The van der Waals surface area contributed by atoms with Crippen LogP contribution in [0.25, 0.3) is 0 Å². The van der Waals surface area contributed by atoms with Crippen molar-refractivity contribution in [3.05, 3.63) is 18.0 Å².